The molecular weight excluding hydrogens is 416 g/mol. The number of nitrogens with zero attached hydrogens (tertiary/aromatic N) is 3. The molecule has 0 bridgehead atoms. The molecule has 0 spiro atoms. The van der Waals surface area contributed by atoms with E-state index in [-0.39, 0.29) is 24.4 Å². The summed E-state index contributed by atoms with van der Waals surface area (Å²) in [5.74, 6) is 0.904. The van der Waals surface area contributed by atoms with Gasteiger partial charge in [0.1, 0.15) is 18.1 Å². The predicted molar refractivity (Wildman–Crippen MR) is 130 cm³/mol. The molecule has 3 aromatic rings. The van der Waals surface area contributed by atoms with Crippen molar-refractivity contribution in [2.75, 3.05) is 19.0 Å². The number of hydrogen-bond acceptors (Lipinski definition) is 4. The third-order valence-corrected chi connectivity index (χ3v) is 5.20. The monoisotopic (exact) mass is 448 g/mol. The van der Waals surface area contributed by atoms with Crippen LogP contribution in [0.3, 0.4) is 0 Å². The summed E-state index contributed by atoms with van der Waals surface area (Å²) in [6.45, 7) is 9.34. The summed E-state index contributed by atoms with van der Waals surface area (Å²) in [5.41, 5.74) is 1.87. The molecule has 1 aromatic heterocycles. The zero-order chi connectivity index (χ0) is 24.2. The lowest BCUT2D eigenvalue weighted by molar-refractivity contribution is -0.143. The number of methoxy groups -OCH3 is 1. The molecule has 7 heteroatoms. The van der Waals surface area contributed by atoms with Crippen molar-refractivity contribution >= 4 is 17.6 Å². The number of carbonyl (C=O) groups excluding carboxylic acids is 2. The third-order valence-electron chi connectivity index (χ3n) is 5.20. The number of aromatic nitrogens is 2. The molecule has 0 radical (unpaired) electrons. The van der Waals surface area contributed by atoms with Crippen LogP contribution in [0.1, 0.15) is 34.6 Å². The molecule has 7 nitrogen and oxygen atoms in total. The van der Waals surface area contributed by atoms with Gasteiger partial charge in [-0.15, -0.1) is 0 Å². The maximum absolute atomic E-state index is 13.0. The van der Waals surface area contributed by atoms with Crippen LogP contribution >= 0.6 is 0 Å². The first-order chi connectivity index (χ1) is 15.6. The zero-order valence-corrected chi connectivity index (χ0v) is 20.1. The summed E-state index contributed by atoms with van der Waals surface area (Å²) in [6.07, 6.45) is 0. The molecule has 33 heavy (non-hydrogen) atoms. The molecule has 0 unspecified atom stereocenters. The van der Waals surface area contributed by atoms with Gasteiger partial charge in [0.15, 0.2) is 0 Å². The minimum absolute atomic E-state index is 0.0395. The number of rotatable bonds is 7. The van der Waals surface area contributed by atoms with E-state index in [4.69, 9.17) is 9.84 Å². The van der Waals surface area contributed by atoms with Crippen molar-refractivity contribution in [3.63, 3.8) is 0 Å². The maximum atomic E-state index is 13.0. The number of ether oxygens (including phenoxy) is 1. The quantitative estimate of drug-likeness (QED) is 0.565. The predicted octanol–water partition coefficient (Wildman–Crippen LogP) is 4.77. The van der Waals surface area contributed by atoms with E-state index < -0.39 is 5.41 Å². The molecule has 1 N–H and O–H groups in total. The van der Waals surface area contributed by atoms with Crippen LogP contribution in [0.2, 0.25) is 0 Å². The Kier molecular flexibility index (Phi) is 7.21. The zero-order valence-electron chi connectivity index (χ0n) is 20.1. The molecule has 0 aliphatic carbocycles. The van der Waals surface area contributed by atoms with E-state index in [0.717, 1.165) is 22.7 Å². The van der Waals surface area contributed by atoms with E-state index in [9.17, 15) is 9.59 Å². The highest BCUT2D eigenvalue weighted by Gasteiger charge is 2.30. The standard InChI is InChI=1S/C26H32N4O3/c1-18(2)29(25(32)26(3,4)5)17-24(31)27-23-16-22(19-10-8-7-9-11-19)28-30(23)20-12-14-21(33-6)15-13-20/h7-16,18H,17H2,1-6H3,(H,27,31). The Balaban J connectivity index is 1.92. The number of nitrogens with one attached hydrogen (secondary N) is 1. The van der Waals surface area contributed by atoms with Crippen LogP contribution in [-0.2, 0) is 9.59 Å². The van der Waals surface area contributed by atoms with Gasteiger partial charge in [-0.25, -0.2) is 4.68 Å². The summed E-state index contributed by atoms with van der Waals surface area (Å²) in [6, 6.07) is 18.9. The molecular formula is C26H32N4O3. The lowest BCUT2D eigenvalue weighted by atomic mass is 9.94. The van der Waals surface area contributed by atoms with Crippen molar-refractivity contribution in [3.8, 4) is 22.7 Å². The smallest absolute Gasteiger partial charge is 0.245 e. The van der Waals surface area contributed by atoms with Crippen LogP contribution < -0.4 is 10.1 Å². The van der Waals surface area contributed by atoms with Crippen LogP contribution in [0, 0.1) is 5.41 Å². The Bertz CT molecular complexity index is 1100. The number of anilines is 1. The van der Waals surface area contributed by atoms with E-state index in [1.807, 2.05) is 95.3 Å². The first kappa shape index (κ1) is 24.0. The van der Waals surface area contributed by atoms with Crippen LogP contribution in [-0.4, -0.2) is 46.2 Å². The van der Waals surface area contributed by atoms with Gasteiger partial charge in [0.2, 0.25) is 11.8 Å². The van der Waals surface area contributed by atoms with Crippen molar-refractivity contribution in [2.45, 2.75) is 40.7 Å². The lowest BCUT2D eigenvalue weighted by Crippen LogP contribution is -2.47. The Morgan fingerprint density at radius 2 is 1.70 bits per heavy atom. The molecule has 174 valence electrons. The molecule has 2 aromatic carbocycles. The number of carbonyl (C=O) groups is 2. The molecule has 3 rings (SSSR count). The highest BCUT2D eigenvalue weighted by atomic mass is 16.5. The molecule has 0 saturated heterocycles. The molecule has 0 atom stereocenters. The Hall–Kier alpha value is -3.61. The van der Waals surface area contributed by atoms with Crippen LogP contribution in [0.5, 0.6) is 5.75 Å². The summed E-state index contributed by atoms with van der Waals surface area (Å²) < 4.78 is 6.94. The van der Waals surface area contributed by atoms with E-state index in [1.165, 1.54) is 0 Å². The fraction of sp³-hybridized carbons (Fsp3) is 0.346. The average Bonchev–Trinajstić information content (AvgIpc) is 3.20. The Labute approximate surface area is 195 Å². The summed E-state index contributed by atoms with van der Waals surface area (Å²) in [7, 11) is 1.61. The van der Waals surface area contributed by atoms with Crippen LogP contribution in [0.4, 0.5) is 5.82 Å². The van der Waals surface area contributed by atoms with Gasteiger partial charge < -0.3 is 15.0 Å². The molecule has 0 aliphatic rings. The summed E-state index contributed by atoms with van der Waals surface area (Å²) >= 11 is 0. The fourth-order valence-corrected chi connectivity index (χ4v) is 3.40. The number of benzene rings is 2. The molecule has 1 heterocycles. The maximum Gasteiger partial charge on any atom is 0.245 e. The Morgan fingerprint density at radius 3 is 2.24 bits per heavy atom. The second kappa shape index (κ2) is 9.90. The SMILES string of the molecule is COc1ccc(-n2nc(-c3ccccc3)cc2NC(=O)CN(C(=O)C(C)(C)C)C(C)C)cc1. The fourth-order valence-electron chi connectivity index (χ4n) is 3.40. The van der Waals surface area contributed by atoms with E-state index >= 15 is 0 Å². The van der Waals surface area contributed by atoms with Crippen molar-refractivity contribution < 1.29 is 14.3 Å². The van der Waals surface area contributed by atoms with Crippen LogP contribution in [0.15, 0.2) is 60.7 Å². The second-order valence-corrected chi connectivity index (χ2v) is 9.22. The average molecular weight is 449 g/mol. The largest absolute Gasteiger partial charge is 0.497 e. The Morgan fingerprint density at radius 1 is 1.06 bits per heavy atom. The molecule has 0 aliphatic heterocycles. The van der Waals surface area contributed by atoms with Gasteiger partial charge in [-0.3, -0.25) is 9.59 Å². The van der Waals surface area contributed by atoms with Gasteiger partial charge in [-0.2, -0.15) is 5.10 Å². The number of hydrogen-bond donors (Lipinski definition) is 1. The third kappa shape index (κ3) is 5.80. The van der Waals surface area contributed by atoms with Gasteiger partial charge in [-0.05, 0) is 38.1 Å². The summed E-state index contributed by atoms with van der Waals surface area (Å²) in [4.78, 5) is 27.5. The second-order valence-electron chi connectivity index (χ2n) is 9.22. The lowest BCUT2D eigenvalue weighted by Gasteiger charge is -2.32. The minimum atomic E-state index is -0.574. The normalized spacial score (nSPS) is 11.4. The highest BCUT2D eigenvalue weighted by molar-refractivity contribution is 5.95. The minimum Gasteiger partial charge on any atom is -0.497 e. The molecule has 0 fully saturated rings. The van der Waals surface area contributed by atoms with Crippen LogP contribution in [0.25, 0.3) is 16.9 Å². The van der Waals surface area contributed by atoms with Crippen molar-refractivity contribution in [1.82, 2.24) is 14.7 Å². The molecule has 2 amide bonds. The van der Waals surface area contributed by atoms with E-state index in [2.05, 4.69) is 5.32 Å². The van der Waals surface area contributed by atoms with Gasteiger partial charge >= 0.3 is 0 Å². The first-order valence-corrected chi connectivity index (χ1v) is 11.0. The molecule has 0 saturated carbocycles. The number of amides is 2. The van der Waals surface area contributed by atoms with Gasteiger partial charge in [0, 0.05) is 23.1 Å². The summed E-state index contributed by atoms with van der Waals surface area (Å²) in [5, 5.41) is 7.68. The van der Waals surface area contributed by atoms with Crippen molar-refractivity contribution in [2.24, 2.45) is 5.41 Å². The van der Waals surface area contributed by atoms with Gasteiger partial charge in [0.05, 0.1) is 18.5 Å². The van der Waals surface area contributed by atoms with Gasteiger partial charge in [-0.1, -0.05) is 51.1 Å². The van der Waals surface area contributed by atoms with Crippen molar-refractivity contribution in [3.05, 3.63) is 60.7 Å². The van der Waals surface area contributed by atoms with Gasteiger partial charge in [0.25, 0.3) is 0 Å². The van der Waals surface area contributed by atoms with E-state index in [1.54, 1.807) is 16.7 Å². The topological polar surface area (TPSA) is 76.5 Å². The van der Waals surface area contributed by atoms with Crippen molar-refractivity contribution in [1.29, 1.82) is 0 Å². The highest BCUT2D eigenvalue weighted by Crippen LogP contribution is 2.26. The van der Waals surface area contributed by atoms with E-state index in [0.29, 0.717) is 5.82 Å². The first-order valence-electron chi connectivity index (χ1n) is 11.0.